The average molecular weight is 256 g/mol. The molecule has 3 atom stereocenters. The third-order valence-corrected chi connectivity index (χ3v) is 4.03. The minimum atomic E-state index is -1.08. The van der Waals surface area contributed by atoms with E-state index in [9.17, 15) is 14.7 Å². The van der Waals surface area contributed by atoms with Gasteiger partial charge in [-0.3, -0.25) is 0 Å². The highest BCUT2D eigenvalue weighted by atomic mass is 16.5. The van der Waals surface area contributed by atoms with Crippen LogP contribution in [-0.2, 0) is 9.53 Å². The molecule has 2 aliphatic heterocycles. The molecule has 2 amide bonds. The summed E-state index contributed by atoms with van der Waals surface area (Å²) in [4.78, 5) is 24.9. The van der Waals surface area contributed by atoms with Crippen LogP contribution in [0.4, 0.5) is 4.79 Å². The standard InChI is InChI=1S/C12H20N2O4/c1-8-9(4-7-18-8)13-11(17)14-6-3-5-12(14,2)10(15)16/h8-9H,3-7H2,1-2H3,(H,13,17)(H,15,16). The topological polar surface area (TPSA) is 78.9 Å². The maximum Gasteiger partial charge on any atom is 0.329 e. The van der Waals surface area contributed by atoms with Gasteiger partial charge < -0.3 is 20.1 Å². The van der Waals surface area contributed by atoms with Crippen molar-refractivity contribution in [3.63, 3.8) is 0 Å². The number of ether oxygens (including phenoxy) is 1. The highest BCUT2D eigenvalue weighted by molar-refractivity contribution is 5.86. The van der Waals surface area contributed by atoms with E-state index in [4.69, 9.17) is 4.74 Å². The third-order valence-electron chi connectivity index (χ3n) is 4.03. The Bertz CT molecular complexity index is 360. The van der Waals surface area contributed by atoms with Gasteiger partial charge >= 0.3 is 12.0 Å². The summed E-state index contributed by atoms with van der Waals surface area (Å²) in [6.45, 7) is 4.66. The summed E-state index contributed by atoms with van der Waals surface area (Å²) in [5, 5.41) is 12.1. The summed E-state index contributed by atoms with van der Waals surface area (Å²) in [6.07, 6.45) is 2.01. The van der Waals surface area contributed by atoms with Crippen molar-refractivity contribution in [2.24, 2.45) is 0 Å². The Morgan fingerprint density at radius 1 is 1.50 bits per heavy atom. The lowest BCUT2D eigenvalue weighted by Gasteiger charge is -2.32. The zero-order chi connectivity index (χ0) is 13.3. The second kappa shape index (κ2) is 4.76. The SMILES string of the molecule is CC1OCCC1NC(=O)N1CCCC1(C)C(=O)O. The molecule has 0 aromatic rings. The molecule has 2 heterocycles. The molecule has 0 saturated carbocycles. The van der Waals surface area contributed by atoms with Crippen LogP contribution in [0, 0.1) is 0 Å². The molecule has 0 aromatic heterocycles. The third kappa shape index (κ3) is 2.16. The molecule has 0 radical (unpaired) electrons. The van der Waals surface area contributed by atoms with Gasteiger partial charge in [-0.15, -0.1) is 0 Å². The van der Waals surface area contributed by atoms with E-state index in [2.05, 4.69) is 5.32 Å². The van der Waals surface area contributed by atoms with Crippen LogP contribution in [0.3, 0.4) is 0 Å². The molecule has 0 spiro atoms. The minimum Gasteiger partial charge on any atom is -0.480 e. The molecule has 3 unspecified atom stereocenters. The van der Waals surface area contributed by atoms with Gasteiger partial charge in [-0.2, -0.15) is 0 Å². The number of likely N-dealkylation sites (tertiary alicyclic amines) is 1. The van der Waals surface area contributed by atoms with Gasteiger partial charge in [-0.1, -0.05) is 0 Å². The second-order valence-corrected chi connectivity index (χ2v) is 5.25. The predicted molar refractivity (Wildman–Crippen MR) is 64.3 cm³/mol. The van der Waals surface area contributed by atoms with Gasteiger partial charge in [0.1, 0.15) is 5.54 Å². The van der Waals surface area contributed by atoms with Gasteiger partial charge in [0.25, 0.3) is 0 Å². The molecular formula is C12H20N2O4. The van der Waals surface area contributed by atoms with E-state index in [-0.39, 0.29) is 18.2 Å². The number of amides is 2. The number of hydrogen-bond acceptors (Lipinski definition) is 3. The number of urea groups is 1. The molecular weight excluding hydrogens is 236 g/mol. The van der Waals surface area contributed by atoms with Gasteiger partial charge in [0.05, 0.1) is 12.1 Å². The Morgan fingerprint density at radius 2 is 2.22 bits per heavy atom. The first-order valence-electron chi connectivity index (χ1n) is 6.38. The maximum absolute atomic E-state index is 12.2. The van der Waals surface area contributed by atoms with Crippen molar-refractivity contribution in [2.45, 2.75) is 50.8 Å². The van der Waals surface area contributed by atoms with Crippen molar-refractivity contribution in [3.05, 3.63) is 0 Å². The highest BCUT2D eigenvalue weighted by Crippen LogP contribution is 2.29. The Labute approximate surface area is 106 Å². The Hall–Kier alpha value is -1.30. The van der Waals surface area contributed by atoms with E-state index in [1.54, 1.807) is 6.92 Å². The van der Waals surface area contributed by atoms with Gasteiger partial charge in [-0.25, -0.2) is 9.59 Å². The van der Waals surface area contributed by atoms with Crippen molar-refractivity contribution in [2.75, 3.05) is 13.2 Å². The molecule has 0 bridgehead atoms. The van der Waals surface area contributed by atoms with E-state index < -0.39 is 11.5 Å². The number of carboxylic acid groups (broad SMARTS) is 1. The van der Waals surface area contributed by atoms with Crippen molar-refractivity contribution in [1.29, 1.82) is 0 Å². The lowest BCUT2D eigenvalue weighted by molar-refractivity contribution is -0.147. The van der Waals surface area contributed by atoms with Gasteiger partial charge in [0.2, 0.25) is 0 Å². The Balaban J connectivity index is 2.02. The molecule has 2 saturated heterocycles. The van der Waals surface area contributed by atoms with Crippen molar-refractivity contribution in [3.8, 4) is 0 Å². The normalized spacial score (nSPS) is 35.8. The second-order valence-electron chi connectivity index (χ2n) is 5.25. The summed E-state index contributed by atoms with van der Waals surface area (Å²) in [5.74, 6) is -0.939. The van der Waals surface area contributed by atoms with Crippen LogP contribution in [0.1, 0.15) is 33.1 Å². The first-order valence-corrected chi connectivity index (χ1v) is 6.38. The molecule has 6 heteroatoms. The van der Waals surface area contributed by atoms with Crippen LogP contribution >= 0.6 is 0 Å². The van der Waals surface area contributed by atoms with Crippen LogP contribution in [-0.4, -0.2) is 52.8 Å². The fourth-order valence-electron chi connectivity index (χ4n) is 2.67. The van der Waals surface area contributed by atoms with Crippen LogP contribution in [0.2, 0.25) is 0 Å². The number of nitrogens with zero attached hydrogens (tertiary/aromatic N) is 1. The fourth-order valence-corrected chi connectivity index (χ4v) is 2.67. The average Bonchev–Trinajstić information content (AvgIpc) is 2.87. The molecule has 2 N–H and O–H groups in total. The largest absolute Gasteiger partial charge is 0.480 e. The number of aliphatic carboxylic acids is 1. The summed E-state index contributed by atoms with van der Waals surface area (Å²) in [5.41, 5.74) is -1.08. The Morgan fingerprint density at radius 3 is 2.78 bits per heavy atom. The molecule has 6 nitrogen and oxygen atoms in total. The molecule has 18 heavy (non-hydrogen) atoms. The lowest BCUT2D eigenvalue weighted by Crippen LogP contribution is -2.56. The molecule has 0 aromatic carbocycles. The maximum atomic E-state index is 12.2. The zero-order valence-corrected chi connectivity index (χ0v) is 10.8. The quantitative estimate of drug-likeness (QED) is 0.766. The molecule has 102 valence electrons. The van der Waals surface area contributed by atoms with E-state index >= 15 is 0 Å². The van der Waals surface area contributed by atoms with Crippen molar-refractivity contribution >= 4 is 12.0 Å². The van der Waals surface area contributed by atoms with Crippen LogP contribution < -0.4 is 5.32 Å². The molecule has 0 aliphatic carbocycles. The predicted octanol–water partition coefficient (Wildman–Crippen LogP) is 0.812. The summed E-state index contributed by atoms with van der Waals surface area (Å²) in [6, 6.07) is -0.309. The summed E-state index contributed by atoms with van der Waals surface area (Å²) < 4.78 is 5.38. The smallest absolute Gasteiger partial charge is 0.329 e. The Kier molecular flexibility index (Phi) is 3.47. The van der Waals surface area contributed by atoms with Gasteiger partial charge in [0.15, 0.2) is 0 Å². The zero-order valence-electron chi connectivity index (χ0n) is 10.8. The van der Waals surface area contributed by atoms with E-state index in [0.717, 1.165) is 12.8 Å². The van der Waals surface area contributed by atoms with Crippen LogP contribution in [0.25, 0.3) is 0 Å². The summed E-state index contributed by atoms with van der Waals surface area (Å²) in [7, 11) is 0. The van der Waals surface area contributed by atoms with Crippen LogP contribution in [0.5, 0.6) is 0 Å². The van der Waals surface area contributed by atoms with E-state index in [1.165, 1.54) is 4.90 Å². The van der Waals surface area contributed by atoms with Crippen molar-refractivity contribution in [1.82, 2.24) is 10.2 Å². The number of nitrogens with one attached hydrogen (secondary N) is 1. The first kappa shape index (κ1) is 13.1. The molecule has 2 fully saturated rings. The lowest BCUT2D eigenvalue weighted by atomic mass is 10.00. The van der Waals surface area contributed by atoms with Crippen LogP contribution in [0.15, 0.2) is 0 Å². The summed E-state index contributed by atoms with van der Waals surface area (Å²) >= 11 is 0. The minimum absolute atomic E-state index is 0.00682. The highest BCUT2D eigenvalue weighted by Gasteiger charge is 2.46. The van der Waals surface area contributed by atoms with Crippen molar-refractivity contribution < 1.29 is 19.4 Å². The molecule has 2 rings (SSSR count). The van der Waals surface area contributed by atoms with Gasteiger partial charge in [-0.05, 0) is 33.1 Å². The molecule has 2 aliphatic rings. The van der Waals surface area contributed by atoms with E-state index in [1.807, 2.05) is 6.92 Å². The number of carbonyl (C=O) groups excluding carboxylic acids is 1. The number of rotatable bonds is 2. The first-order chi connectivity index (χ1) is 8.45. The number of carbonyl (C=O) groups is 2. The van der Waals surface area contributed by atoms with E-state index in [0.29, 0.717) is 19.6 Å². The fraction of sp³-hybridized carbons (Fsp3) is 0.833. The number of hydrogen-bond donors (Lipinski definition) is 2. The number of carboxylic acids is 1. The van der Waals surface area contributed by atoms with Gasteiger partial charge in [0, 0.05) is 13.2 Å². The monoisotopic (exact) mass is 256 g/mol.